The average molecular weight is 591 g/mol. The van der Waals surface area contributed by atoms with Gasteiger partial charge in [-0.15, -0.1) is 34.9 Å². The van der Waals surface area contributed by atoms with Crippen LogP contribution in [0.15, 0.2) is 51.2 Å². The third-order valence-corrected chi connectivity index (χ3v) is 9.71. The molecule has 0 unspecified atom stereocenters. The smallest absolute Gasteiger partial charge is 0.352 e. The molecule has 1 aliphatic carbocycles. The predicted molar refractivity (Wildman–Crippen MR) is 149 cm³/mol. The van der Waals surface area contributed by atoms with Crippen molar-refractivity contribution in [3.8, 4) is 0 Å². The van der Waals surface area contributed by atoms with Gasteiger partial charge < -0.3 is 21.0 Å². The van der Waals surface area contributed by atoms with Crippen molar-refractivity contribution in [1.29, 1.82) is 0 Å². The number of hydrogen-bond acceptors (Lipinski definition) is 11. The Kier molecular flexibility index (Phi) is 8.28. The van der Waals surface area contributed by atoms with Gasteiger partial charge in [0.25, 0.3) is 11.8 Å². The predicted octanol–water partition coefficient (Wildman–Crippen LogP) is 1.38. The molecule has 15 heteroatoms. The summed E-state index contributed by atoms with van der Waals surface area (Å²) in [5.74, 6) is -1.47. The van der Waals surface area contributed by atoms with Gasteiger partial charge in [-0.25, -0.2) is 9.78 Å². The summed E-state index contributed by atoms with van der Waals surface area (Å²) in [6.07, 6.45) is 8.79. The Bertz CT molecular complexity index is 1320. The van der Waals surface area contributed by atoms with Crippen molar-refractivity contribution in [1.82, 2.24) is 15.2 Å². The highest BCUT2D eigenvalue weighted by Crippen LogP contribution is 2.41. The Labute approximate surface area is 237 Å². The lowest BCUT2D eigenvalue weighted by Crippen LogP contribution is -2.71. The van der Waals surface area contributed by atoms with Crippen LogP contribution in [0.2, 0.25) is 0 Å². The minimum atomic E-state index is -1.17. The molecule has 2 amide bonds. The molecule has 2 aromatic heterocycles. The molecule has 2 fully saturated rings. The molecule has 206 valence electrons. The van der Waals surface area contributed by atoms with E-state index in [4.69, 9.17) is 10.6 Å². The fourth-order valence-corrected chi connectivity index (χ4v) is 7.64. The van der Waals surface area contributed by atoms with Gasteiger partial charge in [0.05, 0.1) is 6.04 Å². The van der Waals surface area contributed by atoms with Gasteiger partial charge in [0.15, 0.2) is 10.8 Å². The van der Waals surface area contributed by atoms with Gasteiger partial charge in [-0.05, 0) is 18.4 Å². The van der Waals surface area contributed by atoms with Crippen LogP contribution in [0.5, 0.6) is 0 Å². The van der Waals surface area contributed by atoms with Crippen molar-refractivity contribution < 1.29 is 29.0 Å². The van der Waals surface area contributed by atoms with Gasteiger partial charge in [0.1, 0.15) is 29.9 Å². The van der Waals surface area contributed by atoms with Crippen LogP contribution in [0.3, 0.4) is 0 Å². The van der Waals surface area contributed by atoms with E-state index >= 15 is 0 Å². The number of thioether (sulfide) groups is 2. The number of nitrogen functional groups attached to an aromatic ring is 1. The Morgan fingerprint density at radius 1 is 1.33 bits per heavy atom. The number of carboxylic acids is 1. The topological polar surface area (TPSA) is 163 Å². The number of aliphatic carboxylic acids is 1. The van der Waals surface area contributed by atoms with Crippen LogP contribution in [0.1, 0.15) is 31.4 Å². The number of hydrogen-bond donors (Lipinski definition) is 4. The van der Waals surface area contributed by atoms with Crippen LogP contribution < -0.4 is 21.2 Å². The highest BCUT2D eigenvalue weighted by atomic mass is 32.2. The lowest BCUT2D eigenvalue weighted by Gasteiger charge is -2.49. The highest BCUT2D eigenvalue weighted by molar-refractivity contribution is 8.01. The molecule has 3 aliphatic rings. The number of nitrogens with zero attached hydrogens (tertiary/aromatic N) is 4. The number of amides is 2. The van der Waals surface area contributed by atoms with E-state index in [0.29, 0.717) is 23.1 Å². The summed E-state index contributed by atoms with van der Waals surface area (Å²) >= 11 is 4.07. The van der Waals surface area contributed by atoms with Crippen LogP contribution in [0.4, 0.5) is 5.13 Å². The van der Waals surface area contributed by atoms with Crippen LogP contribution in [-0.4, -0.2) is 74.6 Å². The molecule has 2 aliphatic heterocycles. The molecule has 5 rings (SSSR count). The maximum Gasteiger partial charge on any atom is 0.352 e. The molecular formula is C24H28N7O5S3+. The number of fused-ring (bicyclic) bond motifs is 1. The molecule has 4 heterocycles. The molecule has 39 heavy (non-hydrogen) atoms. The van der Waals surface area contributed by atoms with Gasteiger partial charge in [0, 0.05) is 33.9 Å². The van der Waals surface area contributed by atoms with Crippen molar-refractivity contribution in [3.05, 3.63) is 46.9 Å². The van der Waals surface area contributed by atoms with E-state index in [2.05, 4.69) is 20.9 Å². The monoisotopic (exact) mass is 590 g/mol. The number of pyridine rings is 1. The van der Waals surface area contributed by atoms with Crippen molar-refractivity contribution in [2.24, 2.45) is 5.16 Å². The van der Waals surface area contributed by atoms with Gasteiger partial charge in [0.2, 0.25) is 12.4 Å². The van der Waals surface area contributed by atoms with Gasteiger partial charge >= 0.3 is 5.97 Å². The Hall–Kier alpha value is -3.30. The first-order valence-corrected chi connectivity index (χ1v) is 15.2. The van der Waals surface area contributed by atoms with Crippen molar-refractivity contribution in [2.45, 2.75) is 48.0 Å². The maximum absolute atomic E-state index is 13.0. The molecule has 1 saturated carbocycles. The second-order valence-corrected chi connectivity index (χ2v) is 12.2. The quantitative estimate of drug-likeness (QED) is 0.105. The van der Waals surface area contributed by atoms with Crippen molar-refractivity contribution in [2.75, 3.05) is 29.8 Å². The molecule has 0 spiro atoms. The summed E-state index contributed by atoms with van der Waals surface area (Å²) in [5.41, 5.74) is 9.89. The zero-order valence-corrected chi connectivity index (χ0v) is 23.5. The zero-order chi connectivity index (χ0) is 27.5. The fraction of sp³-hybridized carbons (Fsp3) is 0.417. The normalized spacial score (nSPS) is 21.4. The van der Waals surface area contributed by atoms with E-state index in [0.717, 1.165) is 16.2 Å². The van der Waals surface area contributed by atoms with E-state index in [1.54, 1.807) is 5.38 Å². The van der Waals surface area contributed by atoms with Gasteiger partial charge in [-0.1, -0.05) is 22.7 Å². The van der Waals surface area contributed by atoms with Crippen LogP contribution >= 0.6 is 34.9 Å². The molecule has 0 radical (unpaired) electrons. The third kappa shape index (κ3) is 5.84. The summed E-state index contributed by atoms with van der Waals surface area (Å²) in [6, 6.07) is 3.57. The van der Waals surface area contributed by atoms with E-state index in [1.165, 1.54) is 61.2 Å². The standard InChI is InChI=1S/C24H27N7O5S3/c1-36-29-17(16-12-39-24(25)26-16)20(32)27-18-21(33)31-19(23(34)35)13(11-38-22(18)31)10-37-15-6-8-30(9-7-15)28-14-4-2-3-5-14/h6-9,12,14,18,22,28H,2-5,10-11H2,1H3,(H3-,25,26,27,32,34,35)/p+1/t18-,22-/m1/s1. The minimum absolute atomic E-state index is 0.0197. The Morgan fingerprint density at radius 2 is 2.08 bits per heavy atom. The van der Waals surface area contributed by atoms with E-state index < -0.39 is 29.2 Å². The second-order valence-electron chi connectivity index (χ2n) is 9.15. The van der Waals surface area contributed by atoms with Crippen molar-refractivity contribution >= 4 is 63.5 Å². The van der Waals surface area contributed by atoms with Gasteiger partial charge in [-0.2, -0.15) is 5.43 Å². The average Bonchev–Trinajstić information content (AvgIpc) is 3.60. The summed E-state index contributed by atoms with van der Waals surface area (Å²) in [4.78, 5) is 49.2. The van der Waals surface area contributed by atoms with Crippen molar-refractivity contribution in [3.63, 3.8) is 0 Å². The van der Waals surface area contributed by atoms with E-state index in [1.807, 2.05) is 29.2 Å². The molecular weight excluding hydrogens is 563 g/mol. The molecule has 2 aromatic rings. The molecule has 0 bridgehead atoms. The first-order valence-electron chi connectivity index (χ1n) is 12.3. The number of carbonyl (C=O) groups is 3. The second kappa shape index (κ2) is 11.8. The molecule has 0 aromatic carbocycles. The van der Waals surface area contributed by atoms with Crippen LogP contribution in [0.25, 0.3) is 0 Å². The number of carbonyl (C=O) groups excluding carboxylic acids is 2. The first-order chi connectivity index (χ1) is 18.9. The molecule has 12 nitrogen and oxygen atoms in total. The number of carboxylic acid groups (broad SMARTS) is 1. The van der Waals surface area contributed by atoms with Gasteiger partial charge in [-0.3, -0.25) is 14.5 Å². The highest BCUT2D eigenvalue weighted by Gasteiger charge is 2.54. The number of thiazole rings is 1. The largest absolute Gasteiger partial charge is 0.477 e. The fourth-order valence-electron chi connectivity index (χ4n) is 4.73. The first kappa shape index (κ1) is 27.3. The molecule has 2 atom stereocenters. The minimum Gasteiger partial charge on any atom is -0.477 e. The van der Waals surface area contributed by atoms with Crippen LogP contribution in [0, 0.1) is 0 Å². The number of aromatic nitrogens is 2. The third-order valence-electron chi connectivity index (χ3n) is 6.60. The lowest BCUT2D eigenvalue weighted by atomic mass is 10.0. The summed E-state index contributed by atoms with van der Waals surface area (Å²) in [5, 5.41) is 17.6. The summed E-state index contributed by atoms with van der Waals surface area (Å²) < 4.78 is 1.96. The Balaban J connectivity index is 1.23. The number of rotatable bonds is 10. The lowest BCUT2D eigenvalue weighted by molar-refractivity contribution is -0.653. The van der Waals surface area contributed by atoms with E-state index in [-0.39, 0.29) is 22.2 Å². The number of nitrogens with one attached hydrogen (secondary N) is 2. The SMILES string of the molecule is CON=C(C(=O)N[C@@H]1C(=O)N2C(C(=O)O)=C(CSc3cc[n+](NC4CCCC4)cc3)CS[C@H]12)c1csc(N)n1. The maximum atomic E-state index is 13.0. The number of oxime groups is 1. The molecule has 5 N–H and O–H groups in total. The molecule has 1 saturated heterocycles. The Morgan fingerprint density at radius 3 is 2.72 bits per heavy atom. The zero-order valence-electron chi connectivity index (χ0n) is 21.0. The number of anilines is 1. The summed E-state index contributed by atoms with van der Waals surface area (Å²) in [6.45, 7) is 0. The van der Waals surface area contributed by atoms with Crippen LogP contribution in [-0.2, 0) is 19.2 Å². The van der Waals surface area contributed by atoms with E-state index in [9.17, 15) is 19.5 Å². The number of β-lactam (4-membered cyclic amide) rings is 1. The summed E-state index contributed by atoms with van der Waals surface area (Å²) in [7, 11) is 1.29. The number of nitrogens with two attached hydrogens (primary N) is 1.